The lowest BCUT2D eigenvalue weighted by atomic mass is 10.0. The van der Waals surface area contributed by atoms with Crippen LogP contribution < -0.4 is 15.0 Å². The molecule has 0 spiro atoms. The van der Waals surface area contributed by atoms with E-state index in [9.17, 15) is 10.1 Å². The van der Waals surface area contributed by atoms with E-state index in [1.54, 1.807) is 32.4 Å². The van der Waals surface area contributed by atoms with Crippen LogP contribution in [0.4, 0.5) is 0 Å². The molecule has 0 radical (unpaired) electrons. The average molecular weight is 335 g/mol. The van der Waals surface area contributed by atoms with Gasteiger partial charge in [0.2, 0.25) is 0 Å². The van der Waals surface area contributed by atoms with Gasteiger partial charge in [0.15, 0.2) is 11.5 Å². The second kappa shape index (κ2) is 6.57. The number of H-pyrrole nitrogens is 1. The Hall–Kier alpha value is -3.46. The van der Waals surface area contributed by atoms with Crippen molar-refractivity contribution in [1.82, 2.24) is 9.55 Å². The van der Waals surface area contributed by atoms with Gasteiger partial charge in [0.05, 0.1) is 14.2 Å². The molecule has 126 valence electrons. The molecule has 0 saturated heterocycles. The molecule has 0 aliphatic rings. The first kappa shape index (κ1) is 16.4. The maximum absolute atomic E-state index is 12.4. The third-order valence-corrected chi connectivity index (χ3v) is 4.06. The van der Waals surface area contributed by atoms with Crippen LogP contribution in [-0.4, -0.2) is 23.8 Å². The number of pyridine rings is 1. The van der Waals surface area contributed by atoms with Crippen molar-refractivity contribution in [3.8, 4) is 40.1 Å². The molecule has 0 bridgehead atoms. The van der Waals surface area contributed by atoms with Crippen molar-refractivity contribution in [2.24, 2.45) is 7.05 Å². The zero-order valence-corrected chi connectivity index (χ0v) is 14.2. The minimum Gasteiger partial charge on any atom is -0.493 e. The molecule has 2 aromatic heterocycles. The zero-order chi connectivity index (χ0) is 18.0. The van der Waals surface area contributed by atoms with Gasteiger partial charge < -0.3 is 19.0 Å². The quantitative estimate of drug-likeness (QED) is 0.795. The number of ether oxygens (including phenoxy) is 2. The molecule has 0 unspecified atom stereocenters. The lowest BCUT2D eigenvalue weighted by Crippen LogP contribution is -2.13. The summed E-state index contributed by atoms with van der Waals surface area (Å²) < 4.78 is 12.4. The van der Waals surface area contributed by atoms with Crippen LogP contribution in [0.1, 0.15) is 5.56 Å². The fourth-order valence-corrected chi connectivity index (χ4v) is 2.77. The van der Waals surface area contributed by atoms with E-state index in [-0.39, 0.29) is 5.56 Å². The van der Waals surface area contributed by atoms with Crippen LogP contribution in [0.2, 0.25) is 0 Å². The molecule has 25 heavy (non-hydrogen) atoms. The Kier molecular flexibility index (Phi) is 4.31. The summed E-state index contributed by atoms with van der Waals surface area (Å²) in [5.74, 6) is 1.16. The van der Waals surface area contributed by atoms with E-state index in [1.165, 1.54) is 0 Å². The molecule has 0 amide bonds. The summed E-state index contributed by atoms with van der Waals surface area (Å²) in [4.78, 5) is 15.2. The fourth-order valence-electron chi connectivity index (χ4n) is 2.77. The monoisotopic (exact) mass is 335 g/mol. The van der Waals surface area contributed by atoms with Gasteiger partial charge in [-0.2, -0.15) is 5.26 Å². The van der Waals surface area contributed by atoms with E-state index in [4.69, 9.17) is 9.47 Å². The average Bonchev–Trinajstić information content (AvgIpc) is 3.06. The second-order valence-corrected chi connectivity index (χ2v) is 5.49. The first-order chi connectivity index (χ1) is 12.1. The van der Waals surface area contributed by atoms with Crippen molar-refractivity contribution < 1.29 is 9.47 Å². The summed E-state index contributed by atoms with van der Waals surface area (Å²) in [6, 6.07) is 12.9. The Labute approximate surface area is 144 Å². The van der Waals surface area contributed by atoms with Crippen LogP contribution in [-0.2, 0) is 7.05 Å². The Morgan fingerprint density at radius 1 is 1.12 bits per heavy atom. The molecule has 0 saturated carbocycles. The number of hydrogen-bond donors (Lipinski definition) is 1. The van der Waals surface area contributed by atoms with Gasteiger partial charge in [0.25, 0.3) is 5.56 Å². The first-order valence-electron chi connectivity index (χ1n) is 7.60. The topological polar surface area (TPSA) is 80.0 Å². The van der Waals surface area contributed by atoms with Crippen molar-refractivity contribution in [1.29, 1.82) is 5.26 Å². The summed E-state index contributed by atoms with van der Waals surface area (Å²) in [5.41, 5.74) is 2.40. The number of hydrogen-bond acceptors (Lipinski definition) is 4. The third kappa shape index (κ3) is 2.88. The molecule has 2 heterocycles. The highest BCUT2D eigenvalue weighted by Gasteiger charge is 2.15. The standard InChI is InChI=1S/C19H17N3O3/c1-22-8-4-5-16(22)13-10-15(21-19(23)14(13)11-20)12-6-7-17(24-2)18(9-12)25-3/h4-10H,1-3H3,(H,21,23). The van der Waals surface area contributed by atoms with Gasteiger partial charge in [-0.3, -0.25) is 4.79 Å². The number of rotatable bonds is 4. The number of methoxy groups -OCH3 is 2. The highest BCUT2D eigenvalue weighted by Crippen LogP contribution is 2.33. The summed E-state index contributed by atoms with van der Waals surface area (Å²) in [6.07, 6.45) is 1.87. The molecule has 1 aromatic carbocycles. The van der Waals surface area contributed by atoms with Crippen LogP contribution in [0.25, 0.3) is 22.5 Å². The molecule has 6 heteroatoms. The van der Waals surface area contributed by atoms with E-state index < -0.39 is 5.56 Å². The Morgan fingerprint density at radius 3 is 2.48 bits per heavy atom. The molecular weight excluding hydrogens is 318 g/mol. The van der Waals surface area contributed by atoms with Crippen molar-refractivity contribution in [2.75, 3.05) is 14.2 Å². The summed E-state index contributed by atoms with van der Waals surface area (Å²) in [7, 11) is 4.99. The molecule has 0 atom stereocenters. The summed E-state index contributed by atoms with van der Waals surface area (Å²) in [6.45, 7) is 0. The van der Waals surface area contributed by atoms with Gasteiger partial charge in [-0.05, 0) is 36.4 Å². The highest BCUT2D eigenvalue weighted by atomic mass is 16.5. The number of aromatic nitrogens is 2. The van der Waals surface area contributed by atoms with Gasteiger partial charge in [0.1, 0.15) is 11.6 Å². The largest absolute Gasteiger partial charge is 0.493 e. The van der Waals surface area contributed by atoms with Crippen LogP contribution in [0.15, 0.2) is 47.4 Å². The van der Waals surface area contributed by atoms with Gasteiger partial charge in [-0.1, -0.05) is 0 Å². The molecule has 6 nitrogen and oxygen atoms in total. The Bertz CT molecular complexity index is 1030. The zero-order valence-electron chi connectivity index (χ0n) is 14.2. The maximum Gasteiger partial charge on any atom is 0.267 e. The van der Waals surface area contributed by atoms with E-state index >= 15 is 0 Å². The van der Waals surface area contributed by atoms with E-state index in [0.29, 0.717) is 22.8 Å². The minimum atomic E-state index is -0.425. The molecule has 0 aliphatic carbocycles. The summed E-state index contributed by atoms with van der Waals surface area (Å²) >= 11 is 0. The number of nitrogens with zero attached hydrogens (tertiary/aromatic N) is 2. The van der Waals surface area contributed by atoms with E-state index in [2.05, 4.69) is 4.98 Å². The highest BCUT2D eigenvalue weighted by molar-refractivity contribution is 5.74. The predicted molar refractivity (Wildman–Crippen MR) is 94.7 cm³/mol. The third-order valence-electron chi connectivity index (χ3n) is 4.06. The van der Waals surface area contributed by atoms with Gasteiger partial charge in [-0.15, -0.1) is 0 Å². The normalized spacial score (nSPS) is 10.3. The van der Waals surface area contributed by atoms with Crippen LogP contribution in [0.5, 0.6) is 11.5 Å². The van der Waals surface area contributed by atoms with Crippen molar-refractivity contribution in [3.05, 3.63) is 58.5 Å². The lowest BCUT2D eigenvalue weighted by Gasteiger charge is -2.12. The number of benzene rings is 1. The molecule has 3 aromatic rings. The molecule has 0 aliphatic heterocycles. The molecule has 0 fully saturated rings. The smallest absolute Gasteiger partial charge is 0.267 e. The van der Waals surface area contributed by atoms with Crippen molar-refractivity contribution in [3.63, 3.8) is 0 Å². The van der Waals surface area contributed by atoms with Crippen molar-refractivity contribution >= 4 is 0 Å². The van der Waals surface area contributed by atoms with Crippen LogP contribution in [0, 0.1) is 11.3 Å². The summed E-state index contributed by atoms with van der Waals surface area (Å²) in [5, 5.41) is 9.39. The Balaban J connectivity index is 2.23. The SMILES string of the molecule is COc1ccc(-c2cc(-c3cccn3C)c(C#N)c(=O)[nH]2)cc1OC. The molecule has 1 N–H and O–H groups in total. The maximum atomic E-state index is 12.4. The number of nitriles is 1. The minimum absolute atomic E-state index is 0.0889. The second-order valence-electron chi connectivity index (χ2n) is 5.49. The first-order valence-corrected chi connectivity index (χ1v) is 7.60. The fraction of sp³-hybridized carbons (Fsp3) is 0.158. The van der Waals surface area contributed by atoms with Gasteiger partial charge >= 0.3 is 0 Å². The molecule has 3 rings (SSSR count). The lowest BCUT2D eigenvalue weighted by molar-refractivity contribution is 0.355. The van der Waals surface area contributed by atoms with Crippen LogP contribution >= 0.6 is 0 Å². The van der Waals surface area contributed by atoms with Gasteiger partial charge in [0, 0.05) is 35.8 Å². The van der Waals surface area contributed by atoms with E-state index in [0.717, 1.165) is 11.3 Å². The number of aryl methyl sites for hydroxylation is 1. The predicted octanol–water partition coefficient (Wildman–Crippen LogP) is 2.94. The van der Waals surface area contributed by atoms with Crippen LogP contribution in [0.3, 0.4) is 0 Å². The Morgan fingerprint density at radius 2 is 1.88 bits per heavy atom. The van der Waals surface area contributed by atoms with Crippen molar-refractivity contribution in [2.45, 2.75) is 0 Å². The van der Waals surface area contributed by atoms with Gasteiger partial charge in [-0.25, -0.2) is 0 Å². The number of nitrogens with one attached hydrogen (secondary N) is 1. The van der Waals surface area contributed by atoms with E-state index in [1.807, 2.05) is 42.1 Å². The molecular formula is C19H17N3O3. The number of aromatic amines is 1.